The zero-order valence-corrected chi connectivity index (χ0v) is 13.7. The second-order valence-electron chi connectivity index (χ2n) is 7.35. The summed E-state index contributed by atoms with van der Waals surface area (Å²) in [6.07, 6.45) is 4.96. The number of carbonyl (C=O) groups is 2. The number of amides is 2. The van der Waals surface area contributed by atoms with E-state index in [2.05, 4.69) is 0 Å². The lowest BCUT2D eigenvalue weighted by Crippen LogP contribution is -2.49. The maximum absolute atomic E-state index is 12.6. The van der Waals surface area contributed by atoms with Crippen molar-refractivity contribution in [2.45, 2.75) is 64.5 Å². The number of likely N-dealkylation sites (N-methyl/N-ethyl adjacent to an activating group) is 1. The molecule has 1 aliphatic carbocycles. The molecule has 1 saturated carbocycles. The molecule has 21 heavy (non-hydrogen) atoms. The molecule has 0 N–H and O–H groups in total. The van der Waals surface area contributed by atoms with Gasteiger partial charge in [-0.3, -0.25) is 9.69 Å². The number of nitrogens with zero attached hydrogens (tertiary/aromatic N) is 2. The van der Waals surface area contributed by atoms with Gasteiger partial charge in [-0.25, -0.2) is 4.79 Å². The molecule has 0 radical (unpaired) electrons. The SMILES string of the molecule is CN(CC1CCC1)C(=O)C1CCCN1C(=O)OC(C)(C)C. The maximum atomic E-state index is 12.6. The smallest absolute Gasteiger partial charge is 0.410 e. The molecule has 1 heterocycles. The summed E-state index contributed by atoms with van der Waals surface area (Å²) < 4.78 is 5.41. The molecule has 1 aliphatic heterocycles. The van der Waals surface area contributed by atoms with E-state index in [1.54, 1.807) is 9.80 Å². The number of rotatable bonds is 3. The van der Waals surface area contributed by atoms with Crippen molar-refractivity contribution in [3.8, 4) is 0 Å². The Morgan fingerprint density at radius 2 is 1.86 bits per heavy atom. The summed E-state index contributed by atoms with van der Waals surface area (Å²) in [5.74, 6) is 0.709. The van der Waals surface area contributed by atoms with Crippen LogP contribution in [0.4, 0.5) is 4.79 Å². The van der Waals surface area contributed by atoms with Crippen LogP contribution in [0.5, 0.6) is 0 Å². The lowest BCUT2D eigenvalue weighted by atomic mass is 9.85. The third-order valence-electron chi connectivity index (χ3n) is 4.30. The van der Waals surface area contributed by atoms with Crippen LogP contribution in [0.15, 0.2) is 0 Å². The monoisotopic (exact) mass is 296 g/mol. The minimum Gasteiger partial charge on any atom is -0.444 e. The standard InChI is InChI=1S/C16H28N2O3/c1-16(2,3)21-15(20)18-10-6-9-13(18)14(19)17(4)11-12-7-5-8-12/h12-13H,5-11H2,1-4H3. The van der Waals surface area contributed by atoms with Gasteiger partial charge in [0.05, 0.1) is 0 Å². The number of ether oxygens (including phenoxy) is 1. The molecule has 5 heteroatoms. The van der Waals surface area contributed by atoms with E-state index < -0.39 is 5.60 Å². The Bertz CT molecular complexity index is 399. The number of hydrogen-bond donors (Lipinski definition) is 0. The van der Waals surface area contributed by atoms with Crippen LogP contribution < -0.4 is 0 Å². The van der Waals surface area contributed by atoms with Gasteiger partial charge in [-0.05, 0) is 52.4 Å². The first-order valence-corrected chi connectivity index (χ1v) is 8.02. The van der Waals surface area contributed by atoms with Crippen molar-refractivity contribution in [1.82, 2.24) is 9.80 Å². The molecule has 2 aliphatic rings. The maximum Gasteiger partial charge on any atom is 0.410 e. The quantitative estimate of drug-likeness (QED) is 0.804. The molecule has 120 valence electrons. The summed E-state index contributed by atoms with van der Waals surface area (Å²) in [5, 5.41) is 0. The molecule has 0 spiro atoms. The highest BCUT2D eigenvalue weighted by molar-refractivity contribution is 5.86. The fraction of sp³-hybridized carbons (Fsp3) is 0.875. The van der Waals surface area contributed by atoms with Crippen molar-refractivity contribution in [2.75, 3.05) is 20.1 Å². The van der Waals surface area contributed by atoms with Crippen LogP contribution in [0.3, 0.4) is 0 Å². The van der Waals surface area contributed by atoms with Crippen LogP contribution in [0, 0.1) is 5.92 Å². The molecule has 1 saturated heterocycles. The van der Waals surface area contributed by atoms with Crippen LogP contribution >= 0.6 is 0 Å². The Labute approximate surface area is 127 Å². The first-order chi connectivity index (χ1) is 9.78. The summed E-state index contributed by atoms with van der Waals surface area (Å²) in [6, 6.07) is -0.343. The summed E-state index contributed by atoms with van der Waals surface area (Å²) >= 11 is 0. The first kappa shape index (κ1) is 16.1. The van der Waals surface area contributed by atoms with Crippen molar-refractivity contribution < 1.29 is 14.3 Å². The molecule has 1 unspecified atom stereocenters. The Morgan fingerprint density at radius 1 is 1.19 bits per heavy atom. The highest BCUT2D eigenvalue weighted by atomic mass is 16.6. The molecule has 5 nitrogen and oxygen atoms in total. The van der Waals surface area contributed by atoms with Gasteiger partial charge in [0, 0.05) is 20.1 Å². The van der Waals surface area contributed by atoms with E-state index in [9.17, 15) is 9.59 Å². The second kappa shape index (κ2) is 6.24. The number of likely N-dealkylation sites (tertiary alicyclic amines) is 1. The molecule has 0 aromatic heterocycles. The summed E-state index contributed by atoms with van der Waals surface area (Å²) in [5.41, 5.74) is -0.523. The Balaban J connectivity index is 1.93. The van der Waals surface area contributed by atoms with Gasteiger partial charge >= 0.3 is 6.09 Å². The van der Waals surface area contributed by atoms with Crippen LogP contribution in [0.25, 0.3) is 0 Å². The minimum absolute atomic E-state index is 0.0604. The molecule has 0 aromatic carbocycles. The summed E-state index contributed by atoms with van der Waals surface area (Å²) in [6.45, 7) is 6.97. The fourth-order valence-electron chi connectivity index (χ4n) is 2.97. The van der Waals surface area contributed by atoms with Crippen molar-refractivity contribution in [2.24, 2.45) is 5.92 Å². The van der Waals surface area contributed by atoms with E-state index >= 15 is 0 Å². The van der Waals surface area contributed by atoms with E-state index in [-0.39, 0.29) is 18.0 Å². The molecule has 1 atom stereocenters. The lowest BCUT2D eigenvalue weighted by Gasteiger charge is -2.33. The average molecular weight is 296 g/mol. The molecular weight excluding hydrogens is 268 g/mol. The zero-order valence-electron chi connectivity index (χ0n) is 13.7. The zero-order chi connectivity index (χ0) is 15.6. The average Bonchev–Trinajstić information content (AvgIpc) is 2.79. The van der Waals surface area contributed by atoms with Crippen LogP contribution in [0.1, 0.15) is 52.9 Å². The van der Waals surface area contributed by atoms with E-state index in [1.807, 2.05) is 27.8 Å². The van der Waals surface area contributed by atoms with Crippen molar-refractivity contribution >= 4 is 12.0 Å². The van der Waals surface area contributed by atoms with Crippen LogP contribution in [-0.2, 0) is 9.53 Å². The predicted molar refractivity (Wildman–Crippen MR) is 80.9 cm³/mol. The van der Waals surface area contributed by atoms with E-state index in [1.165, 1.54) is 19.3 Å². The van der Waals surface area contributed by atoms with Crippen molar-refractivity contribution in [3.63, 3.8) is 0 Å². The first-order valence-electron chi connectivity index (χ1n) is 8.02. The molecule has 0 aromatic rings. The highest BCUT2D eigenvalue weighted by Gasteiger charge is 2.38. The Hall–Kier alpha value is -1.26. The van der Waals surface area contributed by atoms with E-state index in [0.29, 0.717) is 12.5 Å². The van der Waals surface area contributed by atoms with Crippen molar-refractivity contribution in [1.29, 1.82) is 0 Å². The van der Waals surface area contributed by atoms with Gasteiger partial charge in [0.25, 0.3) is 0 Å². The van der Waals surface area contributed by atoms with Gasteiger partial charge in [-0.2, -0.15) is 0 Å². The Kier molecular flexibility index (Phi) is 4.79. The lowest BCUT2D eigenvalue weighted by molar-refractivity contribution is -0.135. The third kappa shape index (κ3) is 4.11. The van der Waals surface area contributed by atoms with Gasteiger partial charge in [0.15, 0.2) is 0 Å². The molecule has 2 rings (SSSR count). The normalized spacial score (nSPS) is 22.9. The molecule has 2 amide bonds. The minimum atomic E-state index is -0.523. The Morgan fingerprint density at radius 3 is 2.38 bits per heavy atom. The van der Waals surface area contributed by atoms with Gasteiger partial charge in [-0.1, -0.05) is 6.42 Å². The van der Waals surface area contributed by atoms with Gasteiger partial charge in [0.2, 0.25) is 5.91 Å². The number of hydrogen-bond acceptors (Lipinski definition) is 3. The van der Waals surface area contributed by atoms with E-state index in [4.69, 9.17) is 4.74 Å². The molecular formula is C16H28N2O3. The third-order valence-corrected chi connectivity index (χ3v) is 4.30. The fourth-order valence-corrected chi connectivity index (χ4v) is 2.97. The van der Waals surface area contributed by atoms with Crippen molar-refractivity contribution in [3.05, 3.63) is 0 Å². The molecule has 0 bridgehead atoms. The van der Waals surface area contributed by atoms with E-state index in [0.717, 1.165) is 19.4 Å². The molecule has 2 fully saturated rings. The summed E-state index contributed by atoms with van der Waals surface area (Å²) in [7, 11) is 1.85. The largest absolute Gasteiger partial charge is 0.444 e. The van der Waals surface area contributed by atoms with Gasteiger partial charge < -0.3 is 9.64 Å². The van der Waals surface area contributed by atoms with Crippen LogP contribution in [0.2, 0.25) is 0 Å². The van der Waals surface area contributed by atoms with Gasteiger partial charge in [0.1, 0.15) is 11.6 Å². The summed E-state index contributed by atoms with van der Waals surface area (Å²) in [4.78, 5) is 28.2. The number of carbonyl (C=O) groups excluding carboxylic acids is 2. The van der Waals surface area contributed by atoms with Crippen LogP contribution in [-0.4, -0.2) is 53.6 Å². The predicted octanol–water partition coefficient (Wildman–Crippen LogP) is 2.64. The topological polar surface area (TPSA) is 49.9 Å². The van der Waals surface area contributed by atoms with Gasteiger partial charge in [-0.15, -0.1) is 0 Å². The highest BCUT2D eigenvalue weighted by Crippen LogP contribution is 2.28. The second-order valence-corrected chi connectivity index (χ2v) is 7.35.